The Morgan fingerprint density at radius 2 is 1.39 bits per heavy atom. The van der Waals surface area contributed by atoms with Crippen molar-refractivity contribution in [2.45, 2.75) is 207 Å². The monoisotopic (exact) mass is 1510 g/mol. The van der Waals surface area contributed by atoms with E-state index in [-0.39, 0.29) is 98.9 Å². The van der Waals surface area contributed by atoms with Gasteiger partial charge in [-0.15, -0.1) is 0 Å². The smallest absolute Gasteiger partial charge is 0.410 e. The number of amides is 8. The van der Waals surface area contributed by atoms with Crippen LogP contribution in [0.3, 0.4) is 0 Å². The minimum absolute atomic E-state index is 0.00705. The van der Waals surface area contributed by atoms with Crippen LogP contribution in [0.2, 0.25) is 0 Å². The van der Waals surface area contributed by atoms with Gasteiger partial charge in [0.2, 0.25) is 23.8 Å². The summed E-state index contributed by atoms with van der Waals surface area (Å²) in [6, 6.07) is 17.3. The quantitative estimate of drug-likeness (QED) is 0.0155. The van der Waals surface area contributed by atoms with Crippen LogP contribution in [0.4, 0.5) is 24.9 Å². The zero-order valence-corrected chi connectivity index (χ0v) is 64.2. The molecule has 1 saturated heterocycles. The van der Waals surface area contributed by atoms with Crippen LogP contribution in [0, 0.1) is 28.6 Å². The molecule has 108 heavy (non-hydrogen) atoms. The third-order valence-electron chi connectivity index (χ3n) is 20.4. The fourth-order valence-electron chi connectivity index (χ4n) is 14.4. The normalized spacial score (nSPS) is 23.7. The summed E-state index contributed by atoms with van der Waals surface area (Å²) in [7, 11) is 4.05. The summed E-state index contributed by atoms with van der Waals surface area (Å²) < 4.78 is 55.0. The van der Waals surface area contributed by atoms with E-state index in [2.05, 4.69) is 26.6 Å². The van der Waals surface area contributed by atoms with Crippen LogP contribution in [0.5, 0.6) is 0 Å². The lowest BCUT2D eigenvalue weighted by Crippen LogP contribution is -2.82. The SMILES string of the molecule is CO[C@H]1C[C@H]2OC[C@@]2(OC(C)=O)[C@H]2[C@H](OC(=O)c3ccccc3)[C@]3(O)C[C@H](OC(=O)[C@H](OC(=O)N(C)CCN(C)C(=O)OCc4ccc(NC(=O)[C@H](CCCNC(N)=O)NC(=O)[C@@H](NC(=O)CCC(=O)C(C)C)C(C)C)cc4)[C@@H](NC(=O)OC(C)(C)C)c4ccccc4)C(C)=C([C@@H](OC(C)=O)C(=O)[C@]12C)C3(C)C. The predicted octanol–water partition coefficient (Wildman–Crippen LogP) is 6.85. The molecule has 0 spiro atoms. The molecule has 7 rings (SSSR count). The molecular weight excluding hydrogens is 1400 g/mol. The van der Waals surface area contributed by atoms with Gasteiger partial charge in [-0.25, -0.2) is 28.8 Å². The number of nitrogens with two attached hydrogens (primary N) is 1. The molecular formula is C77H104N8O23. The van der Waals surface area contributed by atoms with Crippen molar-refractivity contribution in [1.82, 2.24) is 31.1 Å². The number of aliphatic hydroxyl groups is 1. The predicted molar refractivity (Wildman–Crippen MR) is 387 cm³/mol. The number of fused-ring (bicyclic) bond motifs is 5. The fourth-order valence-corrected chi connectivity index (χ4v) is 14.4. The number of urea groups is 1. The number of hydrogen-bond donors (Lipinski definition) is 7. The molecule has 3 aliphatic carbocycles. The second-order valence-corrected chi connectivity index (χ2v) is 30.2. The van der Waals surface area contributed by atoms with Crippen LogP contribution in [-0.4, -0.2) is 205 Å². The molecule has 8 amide bonds. The first-order chi connectivity index (χ1) is 50.6. The van der Waals surface area contributed by atoms with Crippen molar-refractivity contribution < 1.29 is 110 Å². The standard InChI is InChI=1S/C77H104N8O23/c1-42(2)52(88)33-34-56(89)82-58(43(3)4)66(92)81-51(28-23-35-79-69(78)95)65(91)80-50-31-29-47(30-32-50)40-101-71(97)84(14)36-37-85(15)72(98)105-61(59(48-24-19-17-20-25-48)83-70(96)108-73(8,9)10)68(94)104-53-39-77(99)64(106-67(93)49-26-21-18-22-27-49)62-75(13,54(100-16)38-55-76(62,41-102-55)107-46(7)87)63(90)60(103-45(6)86)57(44(53)5)74(77,11)12/h17-22,24-27,29-32,42-43,51,53-55,58-62,64,99H,23,28,33-41H2,1-16H3,(H,80,91)(H,81,92)(H,82,89)(H,83,96)(H3,78,79,95)/t51-,53-,54-,55+,58-,59-,60+,61+,62-,64-,75+,76-,77+/m0/s1. The van der Waals surface area contributed by atoms with E-state index in [9.17, 15) is 57.8 Å². The molecule has 31 nitrogen and oxygen atoms in total. The van der Waals surface area contributed by atoms with E-state index >= 15 is 9.59 Å². The lowest BCUT2D eigenvalue weighted by atomic mass is 9.44. The molecule has 0 radical (unpaired) electrons. The number of rotatable bonds is 30. The molecule has 590 valence electrons. The van der Waals surface area contributed by atoms with E-state index in [4.69, 9.17) is 48.4 Å². The lowest BCUT2D eigenvalue weighted by molar-refractivity contribution is -0.347. The Labute approximate surface area is 628 Å². The molecule has 8 N–H and O–H groups in total. The van der Waals surface area contributed by atoms with Gasteiger partial charge in [-0.05, 0) is 99.9 Å². The highest BCUT2D eigenvalue weighted by molar-refractivity contribution is 5.99. The summed E-state index contributed by atoms with van der Waals surface area (Å²) in [5.41, 5.74) is -2.94. The Bertz CT molecular complexity index is 3840. The van der Waals surface area contributed by atoms with Crippen molar-refractivity contribution >= 4 is 83.2 Å². The Balaban J connectivity index is 1.14. The molecule has 1 heterocycles. The van der Waals surface area contributed by atoms with E-state index < -0.39 is 172 Å². The number of ether oxygens (including phenoxy) is 9. The maximum atomic E-state index is 16.2. The average Bonchev–Trinajstić information content (AvgIpc) is 0.667. The molecule has 2 saturated carbocycles. The number of Topliss-reactive ketones (excluding diaryl/α,β-unsaturated/α-hetero) is 2. The molecule has 2 bridgehead atoms. The maximum Gasteiger partial charge on any atom is 0.410 e. The number of carbonyl (C=O) groups is 13. The van der Waals surface area contributed by atoms with E-state index in [1.807, 2.05) is 0 Å². The number of primary amides is 1. The van der Waals surface area contributed by atoms with Gasteiger partial charge in [-0.3, -0.25) is 33.6 Å². The minimum Gasteiger partial charge on any atom is -0.455 e. The van der Waals surface area contributed by atoms with E-state index in [0.29, 0.717) is 11.3 Å². The summed E-state index contributed by atoms with van der Waals surface area (Å²) in [5, 5.41) is 27.5. The summed E-state index contributed by atoms with van der Waals surface area (Å²) >= 11 is 0. The highest BCUT2D eigenvalue weighted by Crippen LogP contribution is 2.65. The largest absolute Gasteiger partial charge is 0.455 e. The van der Waals surface area contributed by atoms with Crippen LogP contribution in [0.1, 0.15) is 156 Å². The Morgan fingerprint density at radius 1 is 0.769 bits per heavy atom. The zero-order valence-electron chi connectivity index (χ0n) is 64.2. The van der Waals surface area contributed by atoms with Crippen molar-refractivity contribution in [1.29, 1.82) is 0 Å². The van der Waals surface area contributed by atoms with Crippen LogP contribution in [0.25, 0.3) is 0 Å². The molecule has 0 aromatic heterocycles. The molecule has 13 atom stereocenters. The van der Waals surface area contributed by atoms with Gasteiger partial charge in [0.05, 0.1) is 29.6 Å². The lowest BCUT2D eigenvalue weighted by Gasteiger charge is -2.67. The molecule has 0 unspecified atom stereocenters. The number of benzene rings is 3. The second-order valence-electron chi connectivity index (χ2n) is 30.2. The first-order valence-corrected chi connectivity index (χ1v) is 36.0. The van der Waals surface area contributed by atoms with Gasteiger partial charge in [0.15, 0.2) is 17.5 Å². The van der Waals surface area contributed by atoms with Crippen molar-refractivity contribution in [3.63, 3.8) is 0 Å². The number of hydrogen-bond acceptors (Lipinski definition) is 23. The van der Waals surface area contributed by atoms with E-state index in [1.54, 1.807) is 111 Å². The molecule has 31 heteroatoms. The molecule has 3 aromatic carbocycles. The number of nitrogens with one attached hydrogen (secondary N) is 5. The minimum atomic E-state index is -2.52. The number of likely N-dealkylation sites (N-methyl/N-ethyl adjacent to an activating group) is 2. The summed E-state index contributed by atoms with van der Waals surface area (Å²) in [5.74, 6) is -9.02. The van der Waals surface area contributed by atoms with E-state index in [0.717, 1.165) is 23.6 Å². The van der Waals surface area contributed by atoms with Gasteiger partial charge >= 0.3 is 48.2 Å². The van der Waals surface area contributed by atoms with Crippen LogP contribution in [0.15, 0.2) is 96.1 Å². The number of alkyl carbamates (subject to hydrolysis) is 1. The topological polar surface area (TPSA) is 418 Å². The number of methoxy groups -OCH3 is 1. The maximum absolute atomic E-state index is 16.2. The van der Waals surface area contributed by atoms with Crippen LogP contribution in [-0.2, 0) is 87.6 Å². The first kappa shape index (κ1) is 85.2. The van der Waals surface area contributed by atoms with Crippen molar-refractivity contribution in [2.75, 3.05) is 52.8 Å². The first-order valence-electron chi connectivity index (χ1n) is 36.0. The summed E-state index contributed by atoms with van der Waals surface area (Å²) in [6.45, 7) is 19.0. The van der Waals surface area contributed by atoms with Crippen molar-refractivity contribution in [3.8, 4) is 0 Å². The highest BCUT2D eigenvalue weighted by Gasteiger charge is 2.79. The van der Waals surface area contributed by atoms with Gasteiger partial charge in [0.1, 0.15) is 60.0 Å². The van der Waals surface area contributed by atoms with Gasteiger partial charge < -0.3 is 89.9 Å². The number of ketones is 2. The van der Waals surface area contributed by atoms with Gasteiger partial charge in [-0.1, -0.05) is 102 Å². The summed E-state index contributed by atoms with van der Waals surface area (Å²) in [6.07, 6.45) is -13.4. The number of carbonyl (C=O) groups excluding carboxylic acids is 13. The molecule has 3 aromatic rings. The van der Waals surface area contributed by atoms with Gasteiger partial charge in [0.25, 0.3) is 0 Å². The van der Waals surface area contributed by atoms with Crippen molar-refractivity contribution in [2.24, 2.45) is 34.3 Å². The fraction of sp³-hybridized carbons (Fsp3) is 0.571. The average molecular weight is 1510 g/mol. The number of nitrogens with zero attached hydrogens (tertiary/aromatic N) is 2. The molecule has 3 fully saturated rings. The summed E-state index contributed by atoms with van der Waals surface area (Å²) in [4.78, 5) is 182. The van der Waals surface area contributed by atoms with Gasteiger partial charge in [0, 0.05) is 97.4 Å². The van der Waals surface area contributed by atoms with Crippen LogP contribution < -0.4 is 32.3 Å². The Kier molecular flexibility index (Phi) is 28.3. The number of esters is 4. The van der Waals surface area contributed by atoms with Crippen LogP contribution >= 0.6 is 0 Å². The van der Waals surface area contributed by atoms with Gasteiger partial charge in [-0.2, -0.15) is 0 Å². The zero-order chi connectivity index (χ0) is 80.1. The third kappa shape index (κ3) is 20.0. The highest BCUT2D eigenvalue weighted by atomic mass is 16.6. The third-order valence-corrected chi connectivity index (χ3v) is 20.4. The van der Waals surface area contributed by atoms with E-state index in [1.165, 1.54) is 71.5 Å². The number of anilines is 1. The van der Waals surface area contributed by atoms with Crippen molar-refractivity contribution in [3.05, 3.63) is 113 Å². The Hall–Kier alpha value is -10.0. The molecule has 4 aliphatic rings. The second kappa shape index (κ2) is 35.8. The molecule has 1 aliphatic heterocycles. The Morgan fingerprint density at radius 3 is 1.94 bits per heavy atom.